The zero-order valence-corrected chi connectivity index (χ0v) is 15.0. The second-order valence-electron chi connectivity index (χ2n) is 6.32. The zero-order chi connectivity index (χ0) is 13.3. The SMILES string of the molecule is CCCCCCCCCC[N+]1=C2CCCN2CCC1.[Br-]. The molecule has 0 aromatic carbocycles. The molecule has 0 spiro atoms. The van der Waals surface area contributed by atoms with Crippen molar-refractivity contribution in [3.63, 3.8) is 0 Å². The van der Waals surface area contributed by atoms with Gasteiger partial charge in [-0.05, 0) is 19.3 Å². The van der Waals surface area contributed by atoms with Crippen LogP contribution in [0.15, 0.2) is 0 Å². The first-order valence-electron chi connectivity index (χ1n) is 8.77. The van der Waals surface area contributed by atoms with Gasteiger partial charge in [0, 0.05) is 6.42 Å². The minimum atomic E-state index is 0. The molecule has 0 saturated carbocycles. The van der Waals surface area contributed by atoms with Gasteiger partial charge in [0.05, 0.1) is 32.6 Å². The van der Waals surface area contributed by atoms with Crippen molar-refractivity contribution < 1.29 is 21.6 Å². The Hall–Kier alpha value is -0.0500. The first-order chi connectivity index (χ1) is 9.42. The monoisotopic (exact) mass is 344 g/mol. The number of nitrogens with zero attached hydrogens (tertiary/aromatic N) is 2. The first-order valence-corrected chi connectivity index (χ1v) is 8.77. The van der Waals surface area contributed by atoms with E-state index in [1.807, 2.05) is 0 Å². The standard InChI is InChI=1S/C17H33N2.BrH/c1-2-3-4-5-6-7-8-9-13-18-15-11-16-19-14-10-12-17(18)19;/h2-16H2,1H3;1H/q+1;/p-1. The van der Waals surface area contributed by atoms with E-state index >= 15 is 0 Å². The van der Waals surface area contributed by atoms with Gasteiger partial charge >= 0.3 is 0 Å². The molecule has 0 N–H and O–H groups in total. The van der Waals surface area contributed by atoms with Gasteiger partial charge in [0.2, 0.25) is 5.84 Å². The topological polar surface area (TPSA) is 6.25 Å². The fourth-order valence-corrected chi connectivity index (χ4v) is 3.57. The Balaban J connectivity index is 0.00000200. The van der Waals surface area contributed by atoms with Crippen LogP contribution in [0, 0.1) is 0 Å². The summed E-state index contributed by atoms with van der Waals surface area (Å²) < 4.78 is 2.69. The van der Waals surface area contributed by atoms with Gasteiger partial charge in [-0.2, -0.15) is 0 Å². The fourth-order valence-electron chi connectivity index (χ4n) is 3.57. The molecule has 0 amide bonds. The fraction of sp³-hybridized carbons (Fsp3) is 0.941. The summed E-state index contributed by atoms with van der Waals surface area (Å²) in [4.78, 5) is 2.63. The maximum atomic E-state index is 2.69. The highest BCUT2D eigenvalue weighted by Gasteiger charge is 2.31. The Kier molecular flexibility index (Phi) is 9.58. The molecule has 118 valence electrons. The van der Waals surface area contributed by atoms with Crippen LogP contribution < -0.4 is 17.0 Å². The molecule has 0 unspecified atom stereocenters. The van der Waals surface area contributed by atoms with Crippen LogP contribution in [0.5, 0.6) is 0 Å². The second kappa shape index (κ2) is 10.6. The van der Waals surface area contributed by atoms with Crippen molar-refractivity contribution in [2.45, 2.75) is 77.6 Å². The van der Waals surface area contributed by atoms with Crippen molar-refractivity contribution in [2.24, 2.45) is 0 Å². The largest absolute Gasteiger partial charge is 1.00 e. The average molecular weight is 345 g/mol. The van der Waals surface area contributed by atoms with Gasteiger partial charge in [0.25, 0.3) is 0 Å². The molecule has 2 nitrogen and oxygen atoms in total. The number of halogens is 1. The Morgan fingerprint density at radius 2 is 1.55 bits per heavy atom. The lowest BCUT2D eigenvalue weighted by Gasteiger charge is -2.22. The quantitative estimate of drug-likeness (QED) is 0.447. The summed E-state index contributed by atoms with van der Waals surface area (Å²) in [6.07, 6.45) is 15.6. The lowest BCUT2D eigenvalue weighted by molar-refractivity contribution is -0.539. The number of hydrogen-bond acceptors (Lipinski definition) is 1. The van der Waals surface area contributed by atoms with Crippen LogP contribution in [0.25, 0.3) is 0 Å². The van der Waals surface area contributed by atoms with E-state index < -0.39 is 0 Å². The van der Waals surface area contributed by atoms with E-state index in [1.54, 1.807) is 5.84 Å². The Labute approximate surface area is 136 Å². The van der Waals surface area contributed by atoms with Crippen molar-refractivity contribution in [2.75, 3.05) is 26.2 Å². The molecule has 0 aliphatic carbocycles. The predicted molar refractivity (Wildman–Crippen MR) is 83.0 cm³/mol. The second-order valence-corrected chi connectivity index (χ2v) is 6.32. The van der Waals surface area contributed by atoms with Crippen molar-refractivity contribution in [1.29, 1.82) is 0 Å². The first kappa shape index (κ1) is 18.0. The van der Waals surface area contributed by atoms with E-state index in [1.165, 1.54) is 96.8 Å². The molecule has 0 bridgehead atoms. The predicted octanol–water partition coefficient (Wildman–Crippen LogP) is 1.04. The third-order valence-corrected chi connectivity index (χ3v) is 4.70. The average Bonchev–Trinajstić information content (AvgIpc) is 2.91. The van der Waals surface area contributed by atoms with Crippen molar-refractivity contribution >= 4 is 5.84 Å². The normalized spacial score (nSPS) is 18.1. The van der Waals surface area contributed by atoms with E-state index in [9.17, 15) is 0 Å². The van der Waals surface area contributed by atoms with E-state index in [0.29, 0.717) is 0 Å². The lowest BCUT2D eigenvalue weighted by Crippen LogP contribution is -3.00. The summed E-state index contributed by atoms with van der Waals surface area (Å²) in [6, 6.07) is 0. The Bertz CT molecular complexity index is 289. The Morgan fingerprint density at radius 1 is 0.900 bits per heavy atom. The molecule has 0 aromatic rings. The molecule has 3 heteroatoms. The van der Waals surface area contributed by atoms with Gasteiger partial charge in [-0.15, -0.1) is 0 Å². The van der Waals surface area contributed by atoms with Crippen molar-refractivity contribution in [1.82, 2.24) is 4.90 Å². The smallest absolute Gasteiger partial charge is 0.246 e. The lowest BCUT2D eigenvalue weighted by atomic mass is 10.1. The summed E-state index contributed by atoms with van der Waals surface area (Å²) >= 11 is 0. The highest BCUT2D eigenvalue weighted by atomic mass is 79.9. The summed E-state index contributed by atoms with van der Waals surface area (Å²) in [6.45, 7) is 7.58. The molecule has 0 aromatic heterocycles. The van der Waals surface area contributed by atoms with Crippen LogP contribution in [-0.4, -0.2) is 41.5 Å². The third-order valence-electron chi connectivity index (χ3n) is 4.70. The van der Waals surface area contributed by atoms with Crippen LogP contribution >= 0.6 is 0 Å². The third kappa shape index (κ3) is 5.75. The van der Waals surface area contributed by atoms with Gasteiger partial charge in [-0.3, -0.25) is 9.48 Å². The van der Waals surface area contributed by atoms with Crippen LogP contribution in [0.4, 0.5) is 0 Å². The maximum Gasteiger partial charge on any atom is 0.246 e. The summed E-state index contributed by atoms with van der Waals surface area (Å²) in [5.41, 5.74) is 0. The Morgan fingerprint density at radius 3 is 2.30 bits per heavy atom. The number of hydrogen-bond donors (Lipinski definition) is 0. The molecule has 20 heavy (non-hydrogen) atoms. The summed E-state index contributed by atoms with van der Waals surface area (Å²) in [7, 11) is 0. The molecule has 1 saturated heterocycles. The van der Waals surface area contributed by atoms with E-state index in [-0.39, 0.29) is 17.0 Å². The van der Waals surface area contributed by atoms with Gasteiger partial charge in [-0.1, -0.05) is 45.4 Å². The molecule has 2 aliphatic heterocycles. The molecule has 1 fully saturated rings. The van der Waals surface area contributed by atoms with Gasteiger partial charge < -0.3 is 17.0 Å². The van der Waals surface area contributed by atoms with Crippen LogP contribution in [0.3, 0.4) is 0 Å². The molecular weight excluding hydrogens is 312 g/mol. The maximum absolute atomic E-state index is 2.69. The molecular formula is C17H33BrN2. The van der Waals surface area contributed by atoms with Crippen molar-refractivity contribution in [3.05, 3.63) is 0 Å². The van der Waals surface area contributed by atoms with Gasteiger partial charge in [0.1, 0.15) is 0 Å². The number of fused-ring (bicyclic) bond motifs is 1. The number of unbranched alkanes of at least 4 members (excludes halogenated alkanes) is 7. The van der Waals surface area contributed by atoms with Crippen LogP contribution in [-0.2, 0) is 0 Å². The van der Waals surface area contributed by atoms with E-state index in [4.69, 9.17) is 0 Å². The van der Waals surface area contributed by atoms with Gasteiger partial charge in [0.15, 0.2) is 0 Å². The molecule has 0 radical (unpaired) electrons. The van der Waals surface area contributed by atoms with Crippen LogP contribution in [0.2, 0.25) is 0 Å². The summed E-state index contributed by atoms with van der Waals surface area (Å²) in [5, 5.41) is 0. The molecule has 2 rings (SSSR count). The van der Waals surface area contributed by atoms with E-state index in [2.05, 4.69) is 16.4 Å². The van der Waals surface area contributed by atoms with Crippen LogP contribution in [0.1, 0.15) is 77.6 Å². The van der Waals surface area contributed by atoms with E-state index in [0.717, 1.165) is 0 Å². The highest BCUT2D eigenvalue weighted by molar-refractivity contribution is 5.79. The summed E-state index contributed by atoms with van der Waals surface area (Å²) in [5.74, 6) is 1.68. The highest BCUT2D eigenvalue weighted by Crippen LogP contribution is 2.16. The van der Waals surface area contributed by atoms with Crippen molar-refractivity contribution in [3.8, 4) is 0 Å². The molecule has 2 heterocycles. The zero-order valence-electron chi connectivity index (χ0n) is 13.4. The molecule has 0 atom stereocenters. The number of amidine groups is 1. The number of rotatable bonds is 9. The van der Waals surface area contributed by atoms with Gasteiger partial charge in [-0.25, -0.2) is 0 Å². The molecule has 2 aliphatic rings. The minimum absolute atomic E-state index is 0. The minimum Gasteiger partial charge on any atom is -1.00 e.